The molecule has 4 aromatic rings. The van der Waals surface area contributed by atoms with Gasteiger partial charge >= 0.3 is 0 Å². The molecule has 1 aromatic heterocycles. The Hall–Kier alpha value is -3.35. The lowest BCUT2D eigenvalue weighted by molar-refractivity contribution is 0.355. The lowest BCUT2D eigenvalue weighted by Crippen LogP contribution is -2.00. The van der Waals surface area contributed by atoms with Crippen molar-refractivity contribution in [2.75, 3.05) is 28.4 Å². The van der Waals surface area contributed by atoms with E-state index in [4.69, 9.17) is 47.2 Å². The van der Waals surface area contributed by atoms with Crippen LogP contribution in [0.1, 0.15) is 0 Å². The van der Waals surface area contributed by atoms with Crippen molar-refractivity contribution in [2.45, 2.75) is 0 Å². The molecule has 0 amide bonds. The van der Waals surface area contributed by atoms with E-state index in [-0.39, 0.29) is 0 Å². The van der Waals surface area contributed by atoms with E-state index in [1.807, 2.05) is 54.6 Å². The Balaban J connectivity index is 1.93. The molecule has 6 nitrogen and oxygen atoms in total. The molecule has 33 heavy (non-hydrogen) atoms. The van der Waals surface area contributed by atoms with Gasteiger partial charge in [0, 0.05) is 21.2 Å². The third-order valence-electron chi connectivity index (χ3n) is 5.16. The number of benzene rings is 3. The molecule has 3 aromatic carbocycles. The Morgan fingerprint density at radius 3 is 1.67 bits per heavy atom. The van der Waals surface area contributed by atoms with E-state index in [9.17, 15) is 0 Å². The van der Waals surface area contributed by atoms with Crippen LogP contribution in [0.3, 0.4) is 0 Å². The van der Waals surface area contributed by atoms with Crippen molar-refractivity contribution in [3.8, 4) is 51.2 Å². The molecule has 0 saturated heterocycles. The lowest BCUT2D eigenvalue weighted by Gasteiger charge is -2.12. The molecule has 0 aliphatic heterocycles. The van der Waals surface area contributed by atoms with Crippen LogP contribution in [0.2, 0.25) is 10.0 Å². The summed E-state index contributed by atoms with van der Waals surface area (Å²) >= 11 is 12.6. The van der Waals surface area contributed by atoms with Crippen molar-refractivity contribution in [3.63, 3.8) is 0 Å². The van der Waals surface area contributed by atoms with Crippen LogP contribution < -0.4 is 18.9 Å². The molecular weight excluding hydrogens is 463 g/mol. The molecule has 8 heteroatoms. The Kier molecular flexibility index (Phi) is 6.67. The first-order valence-corrected chi connectivity index (χ1v) is 10.7. The second-order valence-corrected chi connectivity index (χ2v) is 7.97. The maximum Gasteiger partial charge on any atom is 0.161 e. The molecule has 0 spiro atoms. The normalized spacial score (nSPS) is 10.7. The Bertz CT molecular complexity index is 1280. The molecule has 0 radical (unpaired) electrons. The molecule has 0 fully saturated rings. The zero-order valence-electron chi connectivity index (χ0n) is 18.6. The van der Waals surface area contributed by atoms with Crippen molar-refractivity contribution in [3.05, 3.63) is 70.7 Å². The monoisotopic (exact) mass is 484 g/mol. The van der Waals surface area contributed by atoms with Crippen LogP contribution in [-0.4, -0.2) is 38.2 Å². The fourth-order valence-corrected chi connectivity index (χ4v) is 4.09. The maximum absolute atomic E-state index is 6.29. The number of halogens is 2. The quantitative estimate of drug-likeness (QED) is 0.297. The minimum atomic E-state index is 0.513. The van der Waals surface area contributed by atoms with E-state index in [2.05, 4.69) is 0 Å². The standard InChI is InChI=1S/C25H22Cl2N2O4/c1-30-22-7-5-15(9-24(22)32-3)20-14-21(16-6-8-23(31-2)25(10-16)33-4)29(28-20)19-12-17(26)11-18(27)13-19/h5-14H,1-4H3. The molecule has 1 heterocycles. The molecule has 4 rings (SSSR count). The van der Waals surface area contributed by atoms with Crippen molar-refractivity contribution in [1.82, 2.24) is 9.78 Å². The summed E-state index contributed by atoms with van der Waals surface area (Å²) in [6, 6.07) is 18.6. The van der Waals surface area contributed by atoms with Gasteiger partial charge in [0.2, 0.25) is 0 Å². The smallest absolute Gasteiger partial charge is 0.161 e. The van der Waals surface area contributed by atoms with Crippen molar-refractivity contribution < 1.29 is 18.9 Å². The fraction of sp³-hybridized carbons (Fsp3) is 0.160. The SMILES string of the molecule is COc1ccc(-c2cc(-c3ccc(OC)c(OC)c3)n(-c3cc(Cl)cc(Cl)c3)n2)cc1OC. The third kappa shape index (κ3) is 4.58. The van der Waals surface area contributed by atoms with Gasteiger partial charge in [-0.25, -0.2) is 4.68 Å². The average molecular weight is 485 g/mol. The minimum absolute atomic E-state index is 0.513. The molecule has 170 valence electrons. The minimum Gasteiger partial charge on any atom is -0.493 e. The lowest BCUT2D eigenvalue weighted by atomic mass is 10.1. The molecule has 0 atom stereocenters. The first-order valence-electron chi connectivity index (χ1n) is 9.98. The fourth-order valence-electron chi connectivity index (χ4n) is 3.58. The summed E-state index contributed by atoms with van der Waals surface area (Å²) in [4.78, 5) is 0. The Morgan fingerprint density at radius 2 is 1.12 bits per heavy atom. The number of aromatic nitrogens is 2. The van der Waals surface area contributed by atoms with Crippen LogP contribution in [0.25, 0.3) is 28.2 Å². The molecule has 0 aliphatic rings. The molecular formula is C25H22Cl2N2O4. The molecule has 0 bridgehead atoms. The van der Waals surface area contributed by atoms with Gasteiger partial charge < -0.3 is 18.9 Å². The van der Waals surface area contributed by atoms with Gasteiger partial charge in [0.25, 0.3) is 0 Å². The van der Waals surface area contributed by atoms with Gasteiger partial charge in [0.15, 0.2) is 23.0 Å². The van der Waals surface area contributed by atoms with Gasteiger partial charge in [-0.05, 0) is 60.7 Å². The van der Waals surface area contributed by atoms with Gasteiger partial charge in [0.05, 0.1) is 45.5 Å². The van der Waals surface area contributed by atoms with Crippen LogP contribution in [0, 0.1) is 0 Å². The van der Waals surface area contributed by atoms with E-state index >= 15 is 0 Å². The highest BCUT2D eigenvalue weighted by atomic mass is 35.5. The zero-order chi connectivity index (χ0) is 23.5. The van der Waals surface area contributed by atoms with Crippen LogP contribution in [0.4, 0.5) is 0 Å². The summed E-state index contributed by atoms with van der Waals surface area (Å²) in [5.41, 5.74) is 4.02. The summed E-state index contributed by atoms with van der Waals surface area (Å²) in [6.45, 7) is 0. The molecule has 0 N–H and O–H groups in total. The van der Waals surface area contributed by atoms with Gasteiger partial charge in [-0.1, -0.05) is 23.2 Å². The second-order valence-electron chi connectivity index (χ2n) is 7.09. The van der Waals surface area contributed by atoms with Crippen LogP contribution in [0.15, 0.2) is 60.7 Å². The third-order valence-corrected chi connectivity index (χ3v) is 5.60. The van der Waals surface area contributed by atoms with Crippen molar-refractivity contribution >= 4 is 23.2 Å². The number of ether oxygens (including phenoxy) is 4. The first kappa shape index (κ1) is 22.8. The highest BCUT2D eigenvalue weighted by Crippen LogP contribution is 2.37. The second kappa shape index (κ2) is 9.65. The number of hydrogen-bond donors (Lipinski definition) is 0. The van der Waals surface area contributed by atoms with E-state index in [0.717, 1.165) is 28.2 Å². The Morgan fingerprint density at radius 1 is 0.606 bits per heavy atom. The molecule has 0 unspecified atom stereocenters. The largest absolute Gasteiger partial charge is 0.493 e. The van der Waals surface area contributed by atoms with E-state index in [1.165, 1.54) is 0 Å². The van der Waals surface area contributed by atoms with Crippen LogP contribution in [0.5, 0.6) is 23.0 Å². The van der Waals surface area contributed by atoms with Gasteiger partial charge in [0.1, 0.15) is 0 Å². The highest BCUT2D eigenvalue weighted by molar-refractivity contribution is 6.34. The van der Waals surface area contributed by atoms with Crippen molar-refractivity contribution in [1.29, 1.82) is 0 Å². The first-order chi connectivity index (χ1) is 16.0. The van der Waals surface area contributed by atoms with Crippen molar-refractivity contribution in [2.24, 2.45) is 0 Å². The van der Waals surface area contributed by atoms with Crippen LogP contribution >= 0.6 is 23.2 Å². The van der Waals surface area contributed by atoms with Gasteiger partial charge in [-0.2, -0.15) is 5.10 Å². The summed E-state index contributed by atoms with van der Waals surface area (Å²) < 4.78 is 23.5. The average Bonchev–Trinajstić information content (AvgIpc) is 3.28. The van der Waals surface area contributed by atoms with Crippen LogP contribution in [-0.2, 0) is 0 Å². The van der Waals surface area contributed by atoms with E-state index in [0.29, 0.717) is 33.0 Å². The topological polar surface area (TPSA) is 54.7 Å². The predicted octanol–water partition coefficient (Wildman–Crippen LogP) is 6.55. The number of hydrogen-bond acceptors (Lipinski definition) is 5. The molecule has 0 aliphatic carbocycles. The number of methoxy groups -OCH3 is 4. The van der Waals surface area contributed by atoms with E-state index < -0.39 is 0 Å². The summed E-state index contributed by atoms with van der Waals surface area (Å²) in [7, 11) is 6.41. The van der Waals surface area contributed by atoms with Gasteiger partial charge in [-0.15, -0.1) is 0 Å². The predicted molar refractivity (Wildman–Crippen MR) is 131 cm³/mol. The summed E-state index contributed by atoms with van der Waals surface area (Å²) in [6.07, 6.45) is 0. The summed E-state index contributed by atoms with van der Waals surface area (Å²) in [5.74, 6) is 2.50. The Labute approximate surface area is 202 Å². The highest BCUT2D eigenvalue weighted by Gasteiger charge is 2.17. The summed E-state index contributed by atoms with van der Waals surface area (Å²) in [5, 5.41) is 5.90. The zero-order valence-corrected chi connectivity index (χ0v) is 20.1. The number of rotatable bonds is 7. The number of nitrogens with zero attached hydrogens (tertiary/aromatic N) is 2. The molecule has 0 saturated carbocycles. The van der Waals surface area contributed by atoms with Gasteiger partial charge in [-0.3, -0.25) is 0 Å². The van der Waals surface area contributed by atoms with E-state index in [1.54, 1.807) is 39.2 Å². The maximum atomic E-state index is 6.29.